The Hall–Kier alpha value is 0.137. The Morgan fingerprint density at radius 3 is 0.714 bits per heavy atom. The van der Waals surface area contributed by atoms with Crippen LogP contribution in [0, 0.1) is 0 Å². The highest BCUT2D eigenvalue weighted by molar-refractivity contribution is 6.67. The molecule has 0 aliphatic rings. The molecule has 0 radical (unpaired) electrons. The Balaban J connectivity index is 3.56. The third kappa shape index (κ3) is 24.2. The molecular weight excluding hydrogens is 444 g/mol. The molecular formula is C32H68O2Si. The third-order valence-electron chi connectivity index (χ3n) is 8.07. The van der Waals surface area contributed by atoms with Crippen molar-refractivity contribution in [2.24, 2.45) is 0 Å². The van der Waals surface area contributed by atoms with E-state index in [9.17, 15) is 0 Å². The fourth-order valence-corrected chi connectivity index (χ4v) is 8.25. The first-order chi connectivity index (χ1) is 17.2. The molecule has 0 aromatic rings. The van der Waals surface area contributed by atoms with Crippen molar-refractivity contribution in [1.82, 2.24) is 0 Å². The molecule has 0 aliphatic heterocycles. The molecule has 0 bridgehead atoms. The SMILES string of the molecule is CCCCCCCCCCCCCCC[Si](CCCCCCCCCCCCCCC)(OC)OC. The minimum atomic E-state index is -1.94. The predicted octanol–water partition coefficient (Wildman–Crippen LogP) is 11.9. The first-order valence-electron chi connectivity index (χ1n) is 16.3. The van der Waals surface area contributed by atoms with Crippen LogP contribution < -0.4 is 0 Å². The minimum Gasteiger partial charge on any atom is -0.398 e. The molecule has 35 heavy (non-hydrogen) atoms. The number of hydrogen-bond acceptors (Lipinski definition) is 2. The molecule has 2 nitrogen and oxygen atoms in total. The minimum absolute atomic E-state index is 1.19. The van der Waals surface area contributed by atoms with Crippen LogP contribution in [0.3, 0.4) is 0 Å². The van der Waals surface area contributed by atoms with Crippen LogP contribution in [0.15, 0.2) is 0 Å². The Morgan fingerprint density at radius 2 is 0.514 bits per heavy atom. The average Bonchev–Trinajstić information content (AvgIpc) is 2.88. The maximum Gasteiger partial charge on any atom is 0.337 e. The average molecular weight is 513 g/mol. The molecule has 0 N–H and O–H groups in total. The summed E-state index contributed by atoms with van der Waals surface area (Å²) in [5.41, 5.74) is 0. The Kier molecular flexibility index (Phi) is 28.8. The molecule has 0 spiro atoms. The zero-order valence-corrected chi connectivity index (χ0v) is 26.1. The van der Waals surface area contributed by atoms with Crippen LogP contribution in [0.2, 0.25) is 12.1 Å². The smallest absolute Gasteiger partial charge is 0.337 e. The number of unbranched alkanes of at least 4 members (excludes halogenated alkanes) is 24. The van der Waals surface area contributed by atoms with E-state index in [1.807, 2.05) is 14.2 Å². The topological polar surface area (TPSA) is 18.5 Å². The van der Waals surface area contributed by atoms with E-state index in [-0.39, 0.29) is 0 Å². The Morgan fingerprint density at radius 1 is 0.314 bits per heavy atom. The fraction of sp³-hybridized carbons (Fsp3) is 1.00. The summed E-state index contributed by atoms with van der Waals surface area (Å²) in [5, 5.41) is 0. The molecule has 0 rings (SSSR count). The van der Waals surface area contributed by atoms with Crippen LogP contribution in [0.25, 0.3) is 0 Å². The second kappa shape index (κ2) is 28.7. The molecule has 0 saturated carbocycles. The molecule has 0 unspecified atom stereocenters. The van der Waals surface area contributed by atoms with Crippen molar-refractivity contribution in [3.05, 3.63) is 0 Å². The van der Waals surface area contributed by atoms with E-state index in [1.165, 1.54) is 179 Å². The van der Waals surface area contributed by atoms with Gasteiger partial charge in [0.25, 0.3) is 0 Å². The van der Waals surface area contributed by atoms with Crippen molar-refractivity contribution in [2.75, 3.05) is 14.2 Å². The van der Waals surface area contributed by atoms with Gasteiger partial charge in [0, 0.05) is 14.2 Å². The van der Waals surface area contributed by atoms with Crippen LogP contribution in [-0.2, 0) is 8.85 Å². The van der Waals surface area contributed by atoms with Crippen molar-refractivity contribution >= 4 is 8.56 Å². The van der Waals surface area contributed by atoms with Crippen molar-refractivity contribution in [3.63, 3.8) is 0 Å². The van der Waals surface area contributed by atoms with Gasteiger partial charge in [-0.05, 0) is 12.1 Å². The summed E-state index contributed by atoms with van der Waals surface area (Å²) in [6, 6.07) is 2.38. The lowest BCUT2D eigenvalue weighted by Gasteiger charge is -2.27. The van der Waals surface area contributed by atoms with Gasteiger partial charge in [-0.2, -0.15) is 0 Å². The van der Waals surface area contributed by atoms with Crippen molar-refractivity contribution < 1.29 is 8.85 Å². The van der Waals surface area contributed by atoms with Gasteiger partial charge in [-0.25, -0.2) is 0 Å². The summed E-state index contributed by atoms with van der Waals surface area (Å²) >= 11 is 0. The van der Waals surface area contributed by atoms with Crippen molar-refractivity contribution in [2.45, 2.75) is 193 Å². The molecule has 3 heteroatoms. The zero-order valence-electron chi connectivity index (χ0n) is 25.1. The number of rotatable bonds is 30. The summed E-state index contributed by atoms with van der Waals surface area (Å²) in [6.07, 6.45) is 36.8. The van der Waals surface area contributed by atoms with Crippen LogP contribution in [0.5, 0.6) is 0 Å². The molecule has 0 fully saturated rings. The van der Waals surface area contributed by atoms with E-state index in [0.717, 1.165) is 0 Å². The summed E-state index contributed by atoms with van der Waals surface area (Å²) in [4.78, 5) is 0. The summed E-state index contributed by atoms with van der Waals surface area (Å²) in [7, 11) is 1.86. The molecule has 212 valence electrons. The summed E-state index contributed by atoms with van der Waals surface area (Å²) in [5.74, 6) is 0. The maximum absolute atomic E-state index is 6.02. The van der Waals surface area contributed by atoms with Crippen LogP contribution in [0.4, 0.5) is 0 Å². The second-order valence-corrected chi connectivity index (χ2v) is 14.9. The van der Waals surface area contributed by atoms with E-state index in [2.05, 4.69) is 13.8 Å². The lowest BCUT2D eigenvalue weighted by molar-refractivity contribution is 0.238. The van der Waals surface area contributed by atoms with Gasteiger partial charge in [0.05, 0.1) is 0 Å². The zero-order chi connectivity index (χ0) is 25.7. The highest BCUT2D eigenvalue weighted by Crippen LogP contribution is 2.25. The molecule has 0 heterocycles. The van der Waals surface area contributed by atoms with Gasteiger partial charge in [0.15, 0.2) is 0 Å². The molecule has 0 aliphatic carbocycles. The lowest BCUT2D eigenvalue weighted by atomic mass is 10.0. The van der Waals surface area contributed by atoms with Gasteiger partial charge in [-0.1, -0.05) is 181 Å². The molecule has 0 atom stereocenters. The molecule has 0 aromatic heterocycles. The Bertz CT molecular complexity index is 352. The maximum atomic E-state index is 6.02. The van der Waals surface area contributed by atoms with E-state index >= 15 is 0 Å². The second-order valence-electron chi connectivity index (χ2n) is 11.3. The summed E-state index contributed by atoms with van der Waals surface area (Å²) in [6.45, 7) is 4.60. The third-order valence-corrected chi connectivity index (χ3v) is 11.8. The van der Waals surface area contributed by atoms with Gasteiger partial charge in [0.1, 0.15) is 0 Å². The van der Waals surface area contributed by atoms with Crippen molar-refractivity contribution in [1.29, 1.82) is 0 Å². The number of hydrogen-bond donors (Lipinski definition) is 0. The normalized spacial score (nSPS) is 12.0. The molecule has 0 saturated heterocycles. The van der Waals surface area contributed by atoms with Crippen LogP contribution in [0.1, 0.15) is 181 Å². The van der Waals surface area contributed by atoms with E-state index in [1.54, 1.807) is 0 Å². The van der Waals surface area contributed by atoms with E-state index < -0.39 is 8.56 Å². The largest absolute Gasteiger partial charge is 0.398 e. The van der Waals surface area contributed by atoms with Gasteiger partial charge in [-0.15, -0.1) is 0 Å². The first kappa shape index (κ1) is 35.1. The van der Waals surface area contributed by atoms with Gasteiger partial charge in [-0.3, -0.25) is 0 Å². The predicted molar refractivity (Wildman–Crippen MR) is 161 cm³/mol. The molecule has 0 aromatic carbocycles. The van der Waals surface area contributed by atoms with Crippen LogP contribution in [-0.4, -0.2) is 22.8 Å². The molecule has 0 amide bonds. The summed E-state index contributed by atoms with van der Waals surface area (Å²) < 4.78 is 12.0. The first-order valence-corrected chi connectivity index (χ1v) is 18.6. The Labute approximate surface area is 224 Å². The van der Waals surface area contributed by atoms with Crippen LogP contribution >= 0.6 is 0 Å². The van der Waals surface area contributed by atoms with Gasteiger partial charge >= 0.3 is 8.56 Å². The standard InChI is InChI=1S/C32H68O2Si/c1-5-7-9-11-13-15-17-19-21-23-25-27-29-31-35(33-3,34-4)32-30-28-26-24-22-20-18-16-14-12-10-8-6-2/h5-32H2,1-4H3. The van der Waals surface area contributed by atoms with Gasteiger partial charge in [0.2, 0.25) is 0 Å². The van der Waals surface area contributed by atoms with Gasteiger partial charge < -0.3 is 8.85 Å². The monoisotopic (exact) mass is 512 g/mol. The van der Waals surface area contributed by atoms with E-state index in [4.69, 9.17) is 8.85 Å². The highest BCUT2D eigenvalue weighted by Gasteiger charge is 2.33. The fourth-order valence-electron chi connectivity index (χ4n) is 5.44. The van der Waals surface area contributed by atoms with Crippen molar-refractivity contribution in [3.8, 4) is 0 Å². The lowest BCUT2D eigenvalue weighted by Crippen LogP contribution is -2.39. The highest BCUT2D eigenvalue weighted by atomic mass is 28.4. The van der Waals surface area contributed by atoms with E-state index in [0.29, 0.717) is 0 Å². The quantitative estimate of drug-likeness (QED) is 0.0703.